The summed E-state index contributed by atoms with van der Waals surface area (Å²) in [7, 11) is 2.05. The van der Waals surface area contributed by atoms with Crippen LogP contribution in [0.4, 0.5) is 0 Å². The molecular weight excluding hydrogens is 354 g/mol. The van der Waals surface area contributed by atoms with Gasteiger partial charge in [0.15, 0.2) is 5.52 Å². The molecule has 0 atom stereocenters. The molecule has 0 radical (unpaired) electrons. The third-order valence-electron chi connectivity index (χ3n) is 5.70. The van der Waals surface area contributed by atoms with Gasteiger partial charge in [0.05, 0.1) is 23.8 Å². The average molecular weight is 372 g/mol. The van der Waals surface area contributed by atoms with Crippen molar-refractivity contribution in [1.29, 1.82) is 0 Å². The number of aromatic nitrogens is 3. The summed E-state index contributed by atoms with van der Waals surface area (Å²) in [6, 6.07) is 29.5. The van der Waals surface area contributed by atoms with Crippen molar-refractivity contribution >= 4 is 32.6 Å². The predicted molar refractivity (Wildman–Crippen MR) is 118 cm³/mol. The third kappa shape index (κ3) is 2.34. The van der Waals surface area contributed by atoms with E-state index >= 15 is 0 Å². The number of hydrogen-bond donors (Lipinski definition) is 0. The maximum atomic E-state index is 5.19. The van der Waals surface area contributed by atoms with Crippen molar-refractivity contribution in [3.05, 3.63) is 91.3 Å². The molecule has 136 valence electrons. The number of hydrogen-bond acceptors (Lipinski definition) is 2. The summed E-state index contributed by atoms with van der Waals surface area (Å²) in [6.07, 6.45) is 1.89. The fourth-order valence-electron chi connectivity index (χ4n) is 4.33. The van der Waals surface area contributed by atoms with E-state index in [-0.39, 0.29) is 0 Å². The molecule has 0 aliphatic carbocycles. The van der Waals surface area contributed by atoms with Gasteiger partial charge in [-0.1, -0.05) is 60.7 Å². The smallest absolute Gasteiger partial charge is 0.246 e. The van der Waals surface area contributed by atoms with Crippen LogP contribution >= 0.6 is 0 Å². The third-order valence-corrected chi connectivity index (χ3v) is 5.70. The molecule has 0 spiro atoms. The summed E-state index contributed by atoms with van der Waals surface area (Å²) in [4.78, 5) is 9.87. The van der Waals surface area contributed by atoms with Crippen molar-refractivity contribution in [2.75, 3.05) is 0 Å². The van der Waals surface area contributed by atoms with Crippen LogP contribution in [0.3, 0.4) is 0 Å². The Bertz CT molecular complexity index is 1430. The van der Waals surface area contributed by atoms with Crippen LogP contribution in [0.1, 0.15) is 0 Å². The van der Waals surface area contributed by atoms with Crippen molar-refractivity contribution in [3.63, 3.8) is 0 Å². The Labute approximate surface area is 168 Å². The van der Waals surface area contributed by atoms with Crippen LogP contribution in [0.5, 0.6) is 0 Å². The van der Waals surface area contributed by atoms with Gasteiger partial charge in [0.25, 0.3) is 6.33 Å². The minimum atomic E-state index is 1.01. The lowest BCUT2D eigenvalue weighted by Crippen LogP contribution is -2.29. The molecule has 6 aromatic rings. The molecule has 0 N–H and O–H groups in total. The fraction of sp³-hybridized carbons (Fsp3) is 0.0385. The molecule has 0 unspecified atom stereocenters. The Morgan fingerprint density at radius 1 is 0.621 bits per heavy atom. The standard InChI is InChI=1S/C26H18N3/c1-29-16-27-21-14-12-19-23-20(13-15-22(29)24(21)23)26(18-10-6-3-7-11-18)28-25(19)17-8-4-2-5-9-17/h2-16H,1H3/q+1. The molecule has 3 nitrogen and oxygen atoms in total. The first-order valence-electron chi connectivity index (χ1n) is 9.75. The molecule has 0 fully saturated rings. The normalized spacial score (nSPS) is 11.6. The number of nitrogens with zero attached hydrogens (tertiary/aromatic N) is 3. The molecule has 2 aromatic heterocycles. The highest BCUT2D eigenvalue weighted by Crippen LogP contribution is 2.40. The highest BCUT2D eigenvalue weighted by molar-refractivity contribution is 6.25. The molecular formula is C26H18N3+. The lowest BCUT2D eigenvalue weighted by molar-refractivity contribution is -0.647. The second-order valence-corrected chi connectivity index (χ2v) is 7.41. The Morgan fingerprint density at radius 2 is 1.21 bits per heavy atom. The average Bonchev–Trinajstić information content (AvgIpc) is 2.79. The van der Waals surface area contributed by atoms with Crippen LogP contribution < -0.4 is 4.57 Å². The van der Waals surface area contributed by atoms with Gasteiger partial charge in [-0.2, -0.15) is 0 Å². The van der Waals surface area contributed by atoms with Crippen LogP contribution in [0.25, 0.3) is 55.1 Å². The van der Waals surface area contributed by atoms with E-state index in [0.717, 1.165) is 38.8 Å². The highest BCUT2D eigenvalue weighted by Gasteiger charge is 2.21. The van der Waals surface area contributed by atoms with Crippen molar-refractivity contribution in [1.82, 2.24) is 9.97 Å². The lowest BCUT2D eigenvalue weighted by Gasteiger charge is -2.15. The fourth-order valence-corrected chi connectivity index (χ4v) is 4.33. The van der Waals surface area contributed by atoms with Gasteiger partial charge < -0.3 is 0 Å². The Morgan fingerprint density at radius 3 is 1.83 bits per heavy atom. The number of pyridine rings is 1. The first kappa shape index (κ1) is 16.1. The zero-order chi connectivity index (χ0) is 19.4. The molecule has 29 heavy (non-hydrogen) atoms. The second kappa shape index (κ2) is 6.08. The summed E-state index contributed by atoms with van der Waals surface area (Å²) < 4.78 is 2.09. The number of benzene rings is 4. The topological polar surface area (TPSA) is 29.7 Å². The summed E-state index contributed by atoms with van der Waals surface area (Å²) in [5.41, 5.74) is 6.47. The second-order valence-electron chi connectivity index (χ2n) is 7.41. The van der Waals surface area contributed by atoms with E-state index in [0.29, 0.717) is 0 Å². The van der Waals surface area contributed by atoms with Gasteiger partial charge in [-0.3, -0.25) is 0 Å². The van der Waals surface area contributed by atoms with Gasteiger partial charge in [-0.05, 0) is 29.2 Å². The summed E-state index contributed by atoms with van der Waals surface area (Å²) >= 11 is 0. The SMILES string of the molecule is C[n+]1cnc2ccc3c(-c4ccccc4)nc(-c4ccccc4)c4ccc1c2c34. The lowest BCUT2D eigenvalue weighted by atomic mass is 9.93. The largest absolute Gasteiger partial charge is 0.287 e. The molecule has 4 aromatic carbocycles. The molecule has 0 aliphatic rings. The molecule has 0 bridgehead atoms. The first-order valence-corrected chi connectivity index (χ1v) is 9.75. The summed E-state index contributed by atoms with van der Waals surface area (Å²) in [5, 5.41) is 4.76. The molecule has 6 rings (SSSR count). The van der Waals surface area contributed by atoms with E-state index < -0.39 is 0 Å². The van der Waals surface area contributed by atoms with Gasteiger partial charge in [0, 0.05) is 27.3 Å². The minimum Gasteiger partial charge on any atom is -0.246 e. The van der Waals surface area contributed by atoms with Crippen molar-refractivity contribution in [2.24, 2.45) is 7.05 Å². The maximum absolute atomic E-state index is 5.19. The van der Waals surface area contributed by atoms with E-state index in [4.69, 9.17) is 4.98 Å². The van der Waals surface area contributed by atoms with Gasteiger partial charge in [0.1, 0.15) is 5.52 Å². The van der Waals surface area contributed by atoms with E-state index in [9.17, 15) is 0 Å². The zero-order valence-electron chi connectivity index (χ0n) is 16.0. The van der Waals surface area contributed by atoms with Gasteiger partial charge in [0.2, 0.25) is 0 Å². The van der Waals surface area contributed by atoms with Gasteiger partial charge in [-0.25, -0.2) is 9.55 Å². The number of aryl methyl sites for hydroxylation is 1. The van der Waals surface area contributed by atoms with Crippen LogP contribution in [0, 0.1) is 0 Å². The predicted octanol–water partition coefficient (Wildman–Crippen LogP) is 5.53. The van der Waals surface area contributed by atoms with Crippen LogP contribution in [-0.4, -0.2) is 9.97 Å². The van der Waals surface area contributed by atoms with Crippen molar-refractivity contribution < 1.29 is 4.57 Å². The molecule has 2 heterocycles. The van der Waals surface area contributed by atoms with Gasteiger partial charge >= 0.3 is 0 Å². The Kier molecular flexibility index (Phi) is 3.38. The molecule has 3 heteroatoms. The Hall–Kier alpha value is -3.85. The van der Waals surface area contributed by atoms with E-state index in [2.05, 4.69) is 82.3 Å². The van der Waals surface area contributed by atoms with Crippen molar-refractivity contribution in [2.45, 2.75) is 0 Å². The van der Waals surface area contributed by atoms with E-state index in [1.54, 1.807) is 0 Å². The van der Waals surface area contributed by atoms with E-state index in [1.165, 1.54) is 16.3 Å². The molecule has 0 saturated carbocycles. The number of rotatable bonds is 2. The first-order chi connectivity index (χ1) is 14.3. The van der Waals surface area contributed by atoms with Crippen LogP contribution in [0.15, 0.2) is 91.3 Å². The molecule has 0 amide bonds. The minimum absolute atomic E-state index is 1.01. The molecule has 0 saturated heterocycles. The van der Waals surface area contributed by atoms with Crippen molar-refractivity contribution in [3.8, 4) is 22.5 Å². The van der Waals surface area contributed by atoms with E-state index in [1.807, 2.05) is 25.5 Å². The Balaban J connectivity index is 1.87. The zero-order valence-corrected chi connectivity index (χ0v) is 16.0. The quantitative estimate of drug-likeness (QED) is 0.295. The monoisotopic (exact) mass is 372 g/mol. The molecule has 0 aliphatic heterocycles. The van der Waals surface area contributed by atoms with Crippen LogP contribution in [-0.2, 0) is 7.05 Å². The maximum Gasteiger partial charge on any atom is 0.287 e. The summed E-state index contributed by atoms with van der Waals surface area (Å²) in [5.74, 6) is 0. The highest BCUT2D eigenvalue weighted by atomic mass is 15.0. The summed E-state index contributed by atoms with van der Waals surface area (Å²) in [6.45, 7) is 0. The van der Waals surface area contributed by atoms with Crippen LogP contribution in [0.2, 0.25) is 0 Å². The van der Waals surface area contributed by atoms with Gasteiger partial charge in [-0.15, -0.1) is 0 Å².